The number of hydrogen-bond donors (Lipinski definition) is 0. The lowest BCUT2D eigenvalue weighted by Crippen LogP contribution is -2.04. The molecule has 0 radical (unpaired) electrons. The Morgan fingerprint density at radius 2 is 1.84 bits per heavy atom. The zero-order chi connectivity index (χ0) is 13.4. The lowest BCUT2D eigenvalue weighted by Gasteiger charge is -2.07. The first kappa shape index (κ1) is 12.6. The highest BCUT2D eigenvalue weighted by Gasteiger charge is 2.16. The zero-order valence-corrected chi connectivity index (χ0v) is 12.5. The molecule has 19 heavy (non-hydrogen) atoms. The smallest absolute Gasteiger partial charge is 0.193 e. The molecule has 0 aromatic heterocycles. The van der Waals surface area contributed by atoms with Crippen LogP contribution in [-0.2, 0) is 12.8 Å². The van der Waals surface area contributed by atoms with Gasteiger partial charge in [0.15, 0.2) is 5.78 Å². The number of carbonyl (C=O) groups is 1. The molecule has 1 nitrogen and oxygen atoms in total. The van der Waals surface area contributed by atoms with Crippen molar-refractivity contribution in [2.24, 2.45) is 0 Å². The largest absolute Gasteiger partial charge is 0.289 e. The number of carbonyl (C=O) groups excluding carboxylic acids is 1. The minimum atomic E-state index is 0.125. The average molecular weight is 315 g/mol. The molecule has 0 amide bonds. The van der Waals surface area contributed by atoms with Crippen molar-refractivity contribution in [3.63, 3.8) is 0 Å². The Morgan fingerprint density at radius 3 is 2.63 bits per heavy atom. The summed E-state index contributed by atoms with van der Waals surface area (Å²) in [6, 6.07) is 12.0. The minimum absolute atomic E-state index is 0.125. The van der Waals surface area contributed by atoms with Gasteiger partial charge in [-0.15, -0.1) is 0 Å². The van der Waals surface area contributed by atoms with Crippen LogP contribution in [-0.4, -0.2) is 5.78 Å². The molecule has 0 N–H and O–H groups in total. The summed E-state index contributed by atoms with van der Waals surface area (Å²) in [5.74, 6) is 0.125. The number of halogens is 1. The van der Waals surface area contributed by atoms with E-state index in [0.29, 0.717) is 0 Å². The third kappa shape index (κ3) is 2.37. The van der Waals surface area contributed by atoms with E-state index in [1.54, 1.807) is 0 Å². The molecule has 0 saturated heterocycles. The number of ketones is 1. The van der Waals surface area contributed by atoms with Crippen molar-refractivity contribution >= 4 is 21.7 Å². The van der Waals surface area contributed by atoms with E-state index >= 15 is 0 Å². The van der Waals surface area contributed by atoms with E-state index in [2.05, 4.69) is 28.1 Å². The van der Waals surface area contributed by atoms with Crippen LogP contribution in [0.3, 0.4) is 0 Å². The Labute approximate surface area is 121 Å². The molecule has 2 aromatic carbocycles. The van der Waals surface area contributed by atoms with Crippen molar-refractivity contribution in [3.05, 3.63) is 68.7 Å². The molecule has 1 aliphatic carbocycles. The number of hydrogen-bond acceptors (Lipinski definition) is 1. The number of benzene rings is 2. The molecule has 0 fully saturated rings. The third-order valence-electron chi connectivity index (χ3n) is 3.79. The summed E-state index contributed by atoms with van der Waals surface area (Å²) in [7, 11) is 0. The van der Waals surface area contributed by atoms with Gasteiger partial charge in [0.2, 0.25) is 0 Å². The van der Waals surface area contributed by atoms with Gasteiger partial charge in [-0.2, -0.15) is 0 Å². The van der Waals surface area contributed by atoms with E-state index in [0.717, 1.165) is 34.0 Å². The zero-order valence-electron chi connectivity index (χ0n) is 10.9. The van der Waals surface area contributed by atoms with Crippen LogP contribution in [0.2, 0.25) is 0 Å². The summed E-state index contributed by atoms with van der Waals surface area (Å²) in [5.41, 5.74) is 5.37. The van der Waals surface area contributed by atoms with Crippen LogP contribution in [0.15, 0.2) is 40.9 Å². The van der Waals surface area contributed by atoms with Gasteiger partial charge in [0.05, 0.1) is 0 Å². The van der Waals surface area contributed by atoms with E-state index < -0.39 is 0 Å². The highest BCUT2D eigenvalue weighted by Crippen LogP contribution is 2.25. The first-order valence-electron chi connectivity index (χ1n) is 6.58. The van der Waals surface area contributed by atoms with Gasteiger partial charge in [-0.1, -0.05) is 28.1 Å². The fourth-order valence-corrected chi connectivity index (χ4v) is 3.23. The van der Waals surface area contributed by atoms with Gasteiger partial charge in [-0.3, -0.25) is 4.79 Å². The molecule has 2 aromatic rings. The number of rotatable bonds is 2. The summed E-state index contributed by atoms with van der Waals surface area (Å²) in [6.07, 6.45) is 3.47. The van der Waals surface area contributed by atoms with Gasteiger partial charge in [-0.25, -0.2) is 0 Å². The van der Waals surface area contributed by atoms with Crippen LogP contribution < -0.4 is 0 Å². The Morgan fingerprint density at radius 1 is 1.05 bits per heavy atom. The first-order chi connectivity index (χ1) is 9.15. The van der Waals surface area contributed by atoms with Crippen molar-refractivity contribution in [1.29, 1.82) is 0 Å². The van der Waals surface area contributed by atoms with Crippen molar-refractivity contribution in [1.82, 2.24) is 0 Å². The fourth-order valence-electron chi connectivity index (χ4n) is 2.75. The normalized spacial score (nSPS) is 13.4. The summed E-state index contributed by atoms with van der Waals surface area (Å²) in [6.45, 7) is 1.98. The van der Waals surface area contributed by atoms with Gasteiger partial charge in [-0.05, 0) is 67.1 Å². The molecule has 0 spiro atoms. The van der Waals surface area contributed by atoms with Gasteiger partial charge in [0, 0.05) is 15.6 Å². The highest BCUT2D eigenvalue weighted by molar-refractivity contribution is 9.10. The van der Waals surface area contributed by atoms with E-state index in [9.17, 15) is 4.79 Å². The highest BCUT2D eigenvalue weighted by atomic mass is 79.9. The van der Waals surface area contributed by atoms with Gasteiger partial charge in [0.25, 0.3) is 0 Å². The van der Waals surface area contributed by atoms with Crippen LogP contribution in [0, 0.1) is 6.92 Å². The molecule has 0 atom stereocenters. The second-order valence-electron chi connectivity index (χ2n) is 5.13. The van der Waals surface area contributed by atoms with Crippen LogP contribution in [0.5, 0.6) is 0 Å². The Bertz CT molecular complexity index is 658. The van der Waals surface area contributed by atoms with Gasteiger partial charge >= 0.3 is 0 Å². The molecular formula is C17H15BrO. The van der Waals surface area contributed by atoms with Crippen LogP contribution in [0.1, 0.15) is 39.0 Å². The number of aryl methyl sites for hydroxylation is 3. The number of fused-ring (bicyclic) bond motifs is 1. The molecule has 1 aliphatic rings. The predicted octanol–water partition coefficient (Wildman–Crippen LogP) is 4.48. The SMILES string of the molecule is Cc1cc(Br)ccc1C(=O)c1ccc2c(c1)CCC2. The van der Waals surface area contributed by atoms with E-state index in [4.69, 9.17) is 0 Å². The van der Waals surface area contributed by atoms with Crippen molar-refractivity contribution < 1.29 is 4.79 Å². The van der Waals surface area contributed by atoms with Gasteiger partial charge < -0.3 is 0 Å². The summed E-state index contributed by atoms with van der Waals surface area (Å²) < 4.78 is 1.01. The molecule has 0 bridgehead atoms. The molecule has 3 rings (SSSR count). The third-order valence-corrected chi connectivity index (χ3v) is 4.29. The van der Waals surface area contributed by atoms with Crippen molar-refractivity contribution in [3.8, 4) is 0 Å². The van der Waals surface area contributed by atoms with Crippen LogP contribution in [0.4, 0.5) is 0 Å². The Hall–Kier alpha value is -1.41. The molecule has 96 valence electrons. The second-order valence-corrected chi connectivity index (χ2v) is 6.04. The maximum Gasteiger partial charge on any atom is 0.193 e. The van der Waals surface area contributed by atoms with Crippen LogP contribution >= 0.6 is 15.9 Å². The molecule has 0 saturated carbocycles. The lowest BCUT2D eigenvalue weighted by molar-refractivity contribution is 0.103. The fraction of sp³-hybridized carbons (Fsp3) is 0.235. The van der Waals surface area contributed by atoms with Crippen molar-refractivity contribution in [2.45, 2.75) is 26.2 Å². The average Bonchev–Trinajstić information content (AvgIpc) is 2.85. The quantitative estimate of drug-likeness (QED) is 0.747. The molecule has 0 unspecified atom stereocenters. The summed E-state index contributed by atoms with van der Waals surface area (Å²) in [4.78, 5) is 12.6. The summed E-state index contributed by atoms with van der Waals surface area (Å²) >= 11 is 3.43. The van der Waals surface area contributed by atoms with E-state index in [1.807, 2.05) is 31.2 Å². The van der Waals surface area contributed by atoms with E-state index in [1.165, 1.54) is 17.5 Å². The predicted molar refractivity (Wildman–Crippen MR) is 80.8 cm³/mol. The second kappa shape index (κ2) is 4.93. The standard InChI is InChI=1S/C17H15BrO/c1-11-9-15(18)7-8-16(11)17(19)14-6-5-12-3-2-4-13(12)10-14/h5-10H,2-4H2,1H3. The summed E-state index contributed by atoms with van der Waals surface area (Å²) in [5, 5.41) is 0. The topological polar surface area (TPSA) is 17.1 Å². The van der Waals surface area contributed by atoms with Crippen molar-refractivity contribution in [2.75, 3.05) is 0 Å². The maximum atomic E-state index is 12.6. The molecule has 2 heteroatoms. The van der Waals surface area contributed by atoms with Gasteiger partial charge in [0.1, 0.15) is 0 Å². The monoisotopic (exact) mass is 314 g/mol. The van der Waals surface area contributed by atoms with Crippen LogP contribution in [0.25, 0.3) is 0 Å². The molecular weight excluding hydrogens is 300 g/mol. The lowest BCUT2D eigenvalue weighted by atomic mass is 9.97. The maximum absolute atomic E-state index is 12.6. The van der Waals surface area contributed by atoms with E-state index in [-0.39, 0.29) is 5.78 Å². The Kier molecular flexibility index (Phi) is 3.28. The Balaban J connectivity index is 2.00. The minimum Gasteiger partial charge on any atom is -0.289 e. The first-order valence-corrected chi connectivity index (χ1v) is 7.37. The molecule has 0 aliphatic heterocycles. The molecule has 0 heterocycles.